The lowest BCUT2D eigenvalue weighted by Gasteiger charge is -2.19. The summed E-state index contributed by atoms with van der Waals surface area (Å²) >= 11 is 0. The highest BCUT2D eigenvalue weighted by atomic mass is 16.5. The van der Waals surface area contributed by atoms with Crippen LogP contribution in [0.1, 0.15) is 32.8 Å². The maximum Gasteiger partial charge on any atom is 0.226 e. The van der Waals surface area contributed by atoms with Crippen molar-refractivity contribution >= 4 is 17.3 Å². The summed E-state index contributed by atoms with van der Waals surface area (Å²) in [5.41, 5.74) is 3.04. The number of amides is 1. The number of carbonyl (C=O) groups excluding carboxylic acids is 1. The van der Waals surface area contributed by atoms with Crippen LogP contribution in [0.4, 0.5) is 11.4 Å². The maximum atomic E-state index is 12.1. The average molecular weight is 356 g/mol. The normalized spacial score (nSPS) is 11.0. The van der Waals surface area contributed by atoms with Gasteiger partial charge in [0.15, 0.2) is 11.5 Å². The van der Waals surface area contributed by atoms with Gasteiger partial charge in [-0.25, -0.2) is 0 Å². The van der Waals surface area contributed by atoms with Gasteiger partial charge in [-0.3, -0.25) is 4.79 Å². The van der Waals surface area contributed by atoms with Gasteiger partial charge in [0, 0.05) is 30.4 Å². The topological polar surface area (TPSA) is 59.6 Å². The highest BCUT2D eigenvalue weighted by Gasteiger charge is 2.13. The predicted octanol–water partition coefficient (Wildman–Crippen LogP) is 4.44. The van der Waals surface area contributed by atoms with E-state index in [4.69, 9.17) is 9.47 Å². The summed E-state index contributed by atoms with van der Waals surface area (Å²) in [6.07, 6.45) is 0.370. The number of hydrogen-bond donors (Lipinski definition) is 2. The molecule has 1 amide bonds. The van der Waals surface area contributed by atoms with Crippen LogP contribution in [0.2, 0.25) is 0 Å². The number of rotatable bonds is 7. The number of benzene rings is 2. The van der Waals surface area contributed by atoms with Crippen LogP contribution in [0.3, 0.4) is 0 Å². The third-order valence-corrected chi connectivity index (χ3v) is 4.10. The first-order valence-electron chi connectivity index (χ1n) is 8.70. The molecule has 0 saturated heterocycles. The van der Waals surface area contributed by atoms with E-state index in [1.165, 1.54) is 5.56 Å². The molecular formula is C21H28N2O3. The highest BCUT2D eigenvalue weighted by Crippen LogP contribution is 2.29. The Bertz CT molecular complexity index is 734. The number of methoxy groups -OCH3 is 2. The van der Waals surface area contributed by atoms with Crippen molar-refractivity contribution in [2.45, 2.75) is 32.6 Å². The van der Waals surface area contributed by atoms with Crippen LogP contribution in [0, 0.1) is 0 Å². The van der Waals surface area contributed by atoms with E-state index in [1.807, 2.05) is 30.3 Å². The largest absolute Gasteiger partial charge is 0.493 e. The molecule has 0 aliphatic carbocycles. The molecule has 140 valence electrons. The molecule has 2 aromatic rings. The molecule has 0 fully saturated rings. The van der Waals surface area contributed by atoms with Crippen molar-refractivity contribution in [2.75, 3.05) is 31.4 Å². The molecule has 0 atom stereocenters. The minimum absolute atomic E-state index is 0.0264. The van der Waals surface area contributed by atoms with Crippen molar-refractivity contribution in [2.24, 2.45) is 0 Å². The zero-order chi connectivity index (χ0) is 19.2. The van der Waals surface area contributed by atoms with Gasteiger partial charge < -0.3 is 20.1 Å². The summed E-state index contributed by atoms with van der Waals surface area (Å²) in [7, 11) is 3.20. The van der Waals surface area contributed by atoms with Gasteiger partial charge in [-0.1, -0.05) is 32.9 Å². The standard InChI is InChI=1S/C21H28N2O3/c1-21(2,3)15-6-8-16(9-7-15)23-20(24)12-13-22-17-10-11-18(25-4)19(14-17)26-5/h6-11,14,22H,12-13H2,1-5H3,(H,23,24). The third kappa shape index (κ3) is 5.41. The molecule has 26 heavy (non-hydrogen) atoms. The molecule has 0 aliphatic rings. The van der Waals surface area contributed by atoms with Gasteiger partial charge in [0.2, 0.25) is 5.91 Å². The molecule has 0 bridgehead atoms. The molecule has 5 heteroatoms. The van der Waals surface area contributed by atoms with Crippen molar-refractivity contribution in [3.8, 4) is 11.5 Å². The average Bonchev–Trinajstić information content (AvgIpc) is 2.61. The van der Waals surface area contributed by atoms with Crippen LogP contribution in [0.5, 0.6) is 11.5 Å². The first kappa shape index (κ1) is 19.6. The fraction of sp³-hybridized carbons (Fsp3) is 0.381. The second kappa shape index (κ2) is 8.61. The van der Waals surface area contributed by atoms with E-state index in [9.17, 15) is 4.79 Å². The van der Waals surface area contributed by atoms with E-state index >= 15 is 0 Å². The molecule has 2 aromatic carbocycles. The van der Waals surface area contributed by atoms with E-state index in [1.54, 1.807) is 14.2 Å². The Morgan fingerprint density at radius 3 is 2.12 bits per heavy atom. The molecule has 0 aromatic heterocycles. The molecule has 0 radical (unpaired) electrons. The van der Waals surface area contributed by atoms with Gasteiger partial charge in [-0.2, -0.15) is 0 Å². The molecule has 0 spiro atoms. The monoisotopic (exact) mass is 356 g/mol. The second-order valence-electron chi connectivity index (χ2n) is 7.12. The lowest BCUT2D eigenvalue weighted by Crippen LogP contribution is -2.16. The smallest absolute Gasteiger partial charge is 0.226 e. The molecule has 2 N–H and O–H groups in total. The Hall–Kier alpha value is -2.69. The first-order chi connectivity index (χ1) is 12.3. The van der Waals surface area contributed by atoms with Gasteiger partial charge in [-0.15, -0.1) is 0 Å². The Kier molecular flexibility index (Phi) is 6.50. The Balaban J connectivity index is 1.84. The van der Waals surface area contributed by atoms with Gasteiger partial charge >= 0.3 is 0 Å². The van der Waals surface area contributed by atoms with Crippen molar-refractivity contribution in [1.82, 2.24) is 0 Å². The summed E-state index contributed by atoms with van der Waals surface area (Å²) in [5, 5.41) is 6.14. The lowest BCUT2D eigenvalue weighted by molar-refractivity contribution is -0.115. The number of ether oxygens (including phenoxy) is 2. The number of anilines is 2. The molecule has 0 unspecified atom stereocenters. The molecule has 0 heterocycles. The van der Waals surface area contributed by atoms with Gasteiger partial charge in [-0.05, 0) is 35.2 Å². The molecule has 0 saturated carbocycles. The summed E-state index contributed by atoms with van der Waals surface area (Å²) in [4.78, 5) is 12.1. The van der Waals surface area contributed by atoms with Crippen LogP contribution in [0.15, 0.2) is 42.5 Å². The summed E-state index contributed by atoms with van der Waals surface area (Å²) in [6, 6.07) is 13.6. The first-order valence-corrected chi connectivity index (χ1v) is 8.70. The van der Waals surface area contributed by atoms with Crippen LogP contribution in [-0.4, -0.2) is 26.7 Å². The van der Waals surface area contributed by atoms with Crippen molar-refractivity contribution in [1.29, 1.82) is 0 Å². The van der Waals surface area contributed by atoms with E-state index in [2.05, 4.69) is 43.5 Å². The number of nitrogens with one attached hydrogen (secondary N) is 2. The minimum Gasteiger partial charge on any atom is -0.493 e. The second-order valence-corrected chi connectivity index (χ2v) is 7.12. The summed E-state index contributed by atoms with van der Waals surface area (Å²) in [5.74, 6) is 1.30. The molecule has 2 rings (SSSR count). The summed E-state index contributed by atoms with van der Waals surface area (Å²) in [6.45, 7) is 7.03. The SMILES string of the molecule is COc1ccc(NCCC(=O)Nc2ccc(C(C)(C)C)cc2)cc1OC. The van der Waals surface area contributed by atoms with Crippen LogP contribution in [0.25, 0.3) is 0 Å². The van der Waals surface area contributed by atoms with Crippen molar-refractivity contribution < 1.29 is 14.3 Å². The Labute approximate surface area is 155 Å². The van der Waals surface area contributed by atoms with E-state index < -0.39 is 0 Å². The van der Waals surface area contributed by atoms with Crippen LogP contribution >= 0.6 is 0 Å². The van der Waals surface area contributed by atoms with Crippen molar-refractivity contribution in [3.05, 3.63) is 48.0 Å². The fourth-order valence-electron chi connectivity index (χ4n) is 2.54. The van der Waals surface area contributed by atoms with E-state index in [0.29, 0.717) is 24.5 Å². The third-order valence-electron chi connectivity index (χ3n) is 4.10. The zero-order valence-corrected chi connectivity index (χ0v) is 16.2. The fourth-order valence-corrected chi connectivity index (χ4v) is 2.54. The zero-order valence-electron chi connectivity index (χ0n) is 16.2. The Morgan fingerprint density at radius 1 is 0.923 bits per heavy atom. The Morgan fingerprint density at radius 2 is 1.54 bits per heavy atom. The van der Waals surface area contributed by atoms with Crippen molar-refractivity contribution in [3.63, 3.8) is 0 Å². The molecule has 0 aliphatic heterocycles. The highest BCUT2D eigenvalue weighted by molar-refractivity contribution is 5.91. The van der Waals surface area contributed by atoms with Crippen LogP contribution in [-0.2, 0) is 10.2 Å². The predicted molar refractivity (Wildman–Crippen MR) is 106 cm³/mol. The van der Waals surface area contributed by atoms with Gasteiger partial charge in [0.25, 0.3) is 0 Å². The van der Waals surface area contributed by atoms with E-state index in [0.717, 1.165) is 11.4 Å². The van der Waals surface area contributed by atoms with Crippen LogP contribution < -0.4 is 20.1 Å². The molecule has 5 nitrogen and oxygen atoms in total. The minimum atomic E-state index is -0.0264. The maximum absolute atomic E-state index is 12.1. The molecular weight excluding hydrogens is 328 g/mol. The number of hydrogen-bond acceptors (Lipinski definition) is 4. The lowest BCUT2D eigenvalue weighted by atomic mass is 9.87. The van der Waals surface area contributed by atoms with E-state index in [-0.39, 0.29) is 11.3 Å². The number of carbonyl (C=O) groups is 1. The van der Waals surface area contributed by atoms with Gasteiger partial charge in [0.1, 0.15) is 0 Å². The summed E-state index contributed by atoms with van der Waals surface area (Å²) < 4.78 is 10.5. The quantitative estimate of drug-likeness (QED) is 0.770. The van der Waals surface area contributed by atoms with Gasteiger partial charge in [0.05, 0.1) is 14.2 Å².